The molecular weight excluding hydrogens is 256 g/mol. The van der Waals surface area contributed by atoms with Gasteiger partial charge >= 0.3 is 5.97 Å². The smallest absolute Gasteiger partial charge is 0.335 e. The molecule has 0 aliphatic heterocycles. The van der Waals surface area contributed by atoms with Crippen molar-refractivity contribution in [1.82, 2.24) is 5.32 Å². The zero-order chi connectivity index (χ0) is 14.2. The molecule has 1 aromatic carbocycles. The van der Waals surface area contributed by atoms with Gasteiger partial charge in [-0.15, -0.1) is 0 Å². The van der Waals surface area contributed by atoms with Crippen LogP contribution in [0.15, 0.2) is 18.2 Å². The van der Waals surface area contributed by atoms with E-state index in [9.17, 15) is 18.4 Å². The van der Waals surface area contributed by atoms with Crippen molar-refractivity contribution in [3.8, 4) is 0 Å². The van der Waals surface area contributed by atoms with Crippen molar-refractivity contribution >= 4 is 11.9 Å². The maximum Gasteiger partial charge on any atom is 0.335 e. The fourth-order valence-corrected chi connectivity index (χ4v) is 2.07. The van der Waals surface area contributed by atoms with Crippen LogP contribution in [0, 0.1) is 6.92 Å². The molecule has 1 aromatic rings. The highest BCUT2D eigenvalue weighted by Crippen LogP contribution is 2.37. The molecule has 4 nitrogen and oxygen atoms in total. The number of halogens is 2. The number of rotatable bonds is 3. The fourth-order valence-electron chi connectivity index (χ4n) is 2.07. The summed E-state index contributed by atoms with van der Waals surface area (Å²) in [6.45, 7) is 1.67. The van der Waals surface area contributed by atoms with Gasteiger partial charge in [-0.3, -0.25) is 4.79 Å². The topological polar surface area (TPSA) is 66.4 Å². The summed E-state index contributed by atoms with van der Waals surface area (Å²) in [6, 6.07) is 3.66. The molecule has 0 aromatic heterocycles. The Morgan fingerprint density at radius 2 is 1.84 bits per heavy atom. The quantitative estimate of drug-likeness (QED) is 0.884. The molecule has 0 radical (unpaired) electrons. The summed E-state index contributed by atoms with van der Waals surface area (Å²) in [7, 11) is 0. The largest absolute Gasteiger partial charge is 0.478 e. The number of carbonyl (C=O) groups is 2. The summed E-state index contributed by atoms with van der Waals surface area (Å²) in [6.07, 6.45) is -0.729. The molecule has 0 heterocycles. The Morgan fingerprint density at radius 1 is 1.26 bits per heavy atom. The van der Waals surface area contributed by atoms with E-state index in [0.717, 1.165) is 0 Å². The van der Waals surface area contributed by atoms with E-state index in [0.29, 0.717) is 5.56 Å². The van der Waals surface area contributed by atoms with E-state index in [1.54, 1.807) is 6.92 Å². The molecule has 1 saturated carbocycles. The van der Waals surface area contributed by atoms with E-state index in [1.807, 2.05) is 0 Å². The molecule has 2 rings (SSSR count). The minimum Gasteiger partial charge on any atom is -0.478 e. The van der Waals surface area contributed by atoms with Crippen molar-refractivity contribution in [3.05, 3.63) is 34.9 Å². The number of benzene rings is 1. The molecule has 102 valence electrons. The zero-order valence-electron chi connectivity index (χ0n) is 10.2. The molecule has 0 saturated heterocycles. The van der Waals surface area contributed by atoms with Crippen LogP contribution in [0.2, 0.25) is 0 Å². The van der Waals surface area contributed by atoms with E-state index in [-0.39, 0.29) is 24.0 Å². The summed E-state index contributed by atoms with van der Waals surface area (Å²) in [5.74, 6) is -4.35. The Morgan fingerprint density at radius 3 is 2.37 bits per heavy atom. The number of hydrogen-bond acceptors (Lipinski definition) is 2. The first-order valence-corrected chi connectivity index (χ1v) is 5.80. The molecule has 1 fully saturated rings. The third-order valence-corrected chi connectivity index (χ3v) is 3.01. The van der Waals surface area contributed by atoms with Crippen LogP contribution in [-0.2, 0) is 0 Å². The number of aromatic carboxylic acids is 1. The van der Waals surface area contributed by atoms with Gasteiger partial charge in [0.2, 0.25) is 0 Å². The van der Waals surface area contributed by atoms with Crippen LogP contribution < -0.4 is 5.32 Å². The fraction of sp³-hybridized carbons (Fsp3) is 0.385. The third kappa shape index (κ3) is 3.07. The van der Waals surface area contributed by atoms with Crippen molar-refractivity contribution in [2.45, 2.75) is 31.7 Å². The first kappa shape index (κ1) is 13.5. The predicted molar refractivity (Wildman–Crippen MR) is 63.6 cm³/mol. The number of carboxylic acids is 1. The van der Waals surface area contributed by atoms with Crippen molar-refractivity contribution in [2.24, 2.45) is 0 Å². The average Bonchev–Trinajstić information content (AvgIpc) is 2.25. The number of hydrogen-bond donors (Lipinski definition) is 2. The Balaban J connectivity index is 2.09. The minimum absolute atomic E-state index is 0.00379. The van der Waals surface area contributed by atoms with Crippen LogP contribution in [0.3, 0.4) is 0 Å². The van der Waals surface area contributed by atoms with E-state index < -0.39 is 23.8 Å². The molecule has 0 unspecified atom stereocenters. The normalized spacial score (nSPS) is 17.6. The highest BCUT2D eigenvalue weighted by atomic mass is 19.3. The maximum absolute atomic E-state index is 12.6. The van der Waals surface area contributed by atoms with Crippen molar-refractivity contribution < 1.29 is 23.5 Å². The zero-order valence-corrected chi connectivity index (χ0v) is 10.2. The lowest BCUT2D eigenvalue weighted by atomic mass is 9.88. The molecular formula is C13H13F2NO3. The van der Waals surface area contributed by atoms with Gasteiger partial charge < -0.3 is 10.4 Å². The minimum atomic E-state index is -2.70. The standard InChI is InChI=1S/C13H13F2NO3/c1-7-2-8(4-9(3-7)12(18)19)11(17)16-10-5-13(14,15)6-10/h2-4,10H,5-6H2,1H3,(H,16,17)(H,18,19). The second-order valence-electron chi connectivity index (χ2n) is 4.83. The predicted octanol–water partition coefficient (Wildman–Crippen LogP) is 2.22. The molecule has 6 heteroatoms. The average molecular weight is 269 g/mol. The lowest BCUT2D eigenvalue weighted by molar-refractivity contribution is -0.0901. The number of aryl methyl sites for hydroxylation is 1. The summed E-state index contributed by atoms with van der Waals surface area (Å²) < 4.78 is 25.3. The second kappa shape index (κ2) is 4.60. The van der Waals surface area contributed by atoms with Crippen LogP contribution in [0.4, 0.5) is 8.78 Å². The van der Waals surface area contributed by atoms with Gasteiger partial charge in [-0.05, 0) is 30.7 Å². The number of carbonyl (C=O) groups excluding carboxylic acids is 1. The molecule has 0 bridgehead atoms. The van der Waals surface area contributed by atoms with Gasteiger partial charge in [-0.2, -0.15) is 0 Å². The van der Waals surface area contributed by atoms with E-state index in [4.69, 9.17) is 5.11 Å². The molecule has 1 aliphatic rings. The van der Waals surface area contributed by atoms with Crippen LogP contribution >= 0.6 is 0 Å². The number of nitrogens with one attached hydrogen (secondary N) is 1. The van der Waals surface area contributed by atoms with E-state index in [1.165, 1.54) is 18.2 Å². The Hall–Kier alpha value is -1.98. The summed E-state index contributed by atoms with van der Waals surface area (Å²) >= 11 is 0. The van der Waals surface area contributed by atoms with Gasteiger partial charge in [0.05, 0.1) is 5.56 Å². The van der Waals surface area contributed by atoms with E-state index >= 15 is 0 Å². The van der Waals surface area contributed by atoms with Crippen molar-refractivity contribution in [1.29, 1.82) is 0 Å². The van der Waals surface area contributed by atoms with Crippen molar-refractivity contribution in [2.75, 3.05) is 0 Å². The number of carboxylic acid groups (broad SMARTS) is 1. The van der Waals surface area contributed by atoms with Gasteiger partial charge in [0.25, 0.3) is 11.8 Å². The third-order valence-electron chi connectivity index (χ3n) is 3.01. The SMILES string of the molecule is Cc1cc(C(=O)O)cc(C(=O)NC2CC(F)(F)C2)c1. The molecule has 2 N–H and O–H groups in total. The monoisotopic (exact) mass is 269 g/mol. The molecule has 0 spiro atoms. The van der Waals surface area contributed by atoms with Gasteiger partial charge in [-0.25, -0.2) is 13.6 Å². The molecule has 1 aliphatic carbocycles. The molecule has 1 amide bonds. The van der Waals surface area contributed by atoms with Crippen LogP contribution in [0.5, 0.6) is 0 Å². The molecule has 0 atom stereocenters. The van der Waals surface area contributed by atoms with Gasteiger partial charge in [0.1, 0.15) is 0 Å². The lowest BCUT2D eigenvalue weighted by Gasteiger charge is -2.35. The number of amides is 1. The Kier molecular flexibility index (Phi) is 3.26. The van der Waals surface area contributed by atoms with Gasteiger partial charge in [-0.1, -0.05) is 0 Å². The van der Waals surface area contributed by atoms with Crippen molar-refractivity contribution in [3.63, 3.8) is 0 Å². The number of alkyl halides is 2. The first-order valence-electron chi connectivity index (χ1n) is 5.80. The summed E-state index contributed by atoms with van der Waals surface area (Å²) in [5.41, 5.74) is 0.806. The van der Waals surface area contributed by atoms with Crippen LogP contribution in [0.1, 0.15) is 39.1 Å². The van der Waals surface area contributed by atoms with Crippen LogP contribution in [0.25, 0.3) is 0 Å². The first-order chi connectivity index (χ1) is 8.77. The Labute approximate surface area is 108 Å². The Bertz CT molecular complexity index is 535. The lowest BCUT2D eigenvalue weighted by Crippen LogP contribution is -2.50. The molecule has 19 heavy (non-hydrogen) atoms. The summed E-state index contributed by atoms with van der Waals surface area (Å²) in [5, 5.41) is 11.4. The van der Waals surface area contributed by atoms with Gasteiger partial charge in [0.15, 0.2) is 0 Å². The maximum atomic E-state index is 12.6. The summed E-state index contributed by atoms with van der Waals surface area (Å²) in [4.78, 5) is 22.7. The van der Waals surface area contributed by atoms with E-state index in [2.05, 4.69) is 5.32 Å². The highest BCUT2D eigenvalue weighted by molar-refractivity contribution is 5.98. The van der Waals surface area contributed by atoms with Gasteiger partial charge in [0, 0.05) is 24.4 Å². The second-order valence-corrected chi connectivity index (χ2v) is 4.83. The highest BCUT2D eigenvalue weighted by Gasteiger charge is 2.45. The van der Waals surface area contributed by atoms with Crippen LogP contribution in [-0.4, -0.2) is 28.9 Å².